The van der Waals surface area contributed by atoms with Crippen molar-refractivity contribution < 1.29 is 19.2 Å². The maximum Gasteiger partial charge on any atom is 0.492 e. The van der Waals surface area contributed by atoms with Crippen molar-refractivity contribution in [1.29, 1.82) is 0 Å². The fraction of sp³-hybridized carbons (Fsp3) is 0.273. The van der Waals surface area contributed by atoms with E-state index in [0.29, 0.717) is 0 Å². The number of benzene rings is 1. The number of ether oxygens (including phenoxy) is 1. The molecule has 86 valence electrons. The second-order valence-electron chi connectivity index (χ2n) is 3.45. The van der Waals surface area contributed by atoms with Crippen LogP contribution in [-0.4, -0.2) is 23.8 Å². The number of rotatable bonds is 5. The van der Waals surface area contributed by atoms with Gasteiger partial charge in [0, 0.05) is 11.5 Å². The summed E-state index contributed by atoms with van der Waals surface area (Å²) in [5.74, 6) is -0.355. The van der Waals surface area contributed by atoms with E-state index in [0.717, 1.165) is 24.1 Å². The second kappa shape index (κ2) is 5.68. The molecule has 0 spiro atoms. The van der Waals surface area contributed by atoms with Crippen LogP contribution in [0.3, 0.4) is 0 Å². The Hall–Kier alpha value is -1.33. The monoisotopic (exact) mass is 224 g/mol. The highest BCUT2D eigenvalue weighted by atomic mass is 19.1. The summed E-state index contributed by atoms with van der Waals surface area (Å²) in [4.78, 5) is 0. The SMILES string of the molecule is C=C(CC)COc1cc(F)ccc1B(O)O. The van der Waals surface area contributed by atoms with E-state index in [2.05, 4.69) is 6.58 Å². The molecule has 3 nitrogen and oxygen atoms in total. The summed E-state index contributed by atoms with van der Waals surface area (Å²) in [6.07, 6.45) is 0.756. The molecule has 0 amide bonds. The van der Waals surface area contributed by atoms with Gasteiger partial charge in [-0.05, 0) is 18.1 Å². The normalized spacial score (nSPS) is 10.0. The van der Waals surface area contributed by atoms with Gasteiger partial charge in [0.05, 0.1) is 0 Å². The van der Waals surface area contributed by atoms with Crippen LogP contribution in [0.15, 0.2) is 30.4 Å². The minimum absolute atomic E-state index is 0.129. The Balaban J connectivity index is 2.84. The fourth-order valence-electron chi connectivity index (χ4n) is 1.13. The zero-order chi connectivity index (χ0) is 12.1. The van der Waals surface area contributed by atoms with Crippen LogP contribution < -0.4 is 10.2 Å². The third kappa shape index (κ3) is 3.36. The van der Waals surface area contributed by atoms with E-state index in [9.17, 15) is 4.39 Å². The molecule has 16 heavy (non-hydrogen) atoms. The van der Waals surface area contributed by atoms with E-state index in [1.54, 1.807) is 0 Å². The third-order valence-electron chi connectivity index (χ3n) is 2.19. The van der Waals surface area contributed by atoms with E-state index in [4.69, 9.17) is 14.8 Å². The molecule has 0 aliphatic heterocycles. The Labute approximate surface area is 94.3 Å². The van der Waals surface area contributed by atoms with Crippen LogP contribution in [0.2, 0.25) is 0 Å². The summed E-state index contributed by atoms with van der Waals surface area (Å²) >= 11 is 0. The molecule has 5 heteroatoms. The molecule has 0 aromatic heterocycles. The lowest BCUT2D eigenvalue weighted by atomic mass is 9.79. The predicted molar refractivity (Wildman–Crippen MR) is 61.2 cm³/mol. The summed E-state index contributed by atoms with van der Waals surface area (Å²) in [6.45, 7) is 5.91. The van der Waals surface area contributed by atoms with Gasteiger partial charge >= 0.3 is 7.12 Å². The van der Waals surface area contributed by atoms with Gasteiger partial charge < -0.3 is 14.8 Å². The van der Waals surface area contributed by atoms with Gasteiger partial charge in [0.15, 0.2) is 0 Å². The van der Waals surface area contributed by atoms with Crippen molar-refractivity contribution in [3.63, 3.8) is 0 Å². The maximum absolute atomic E-state index is 13.0. The fourth-order valence-corrected chi connectivity index (χ4v) is 1.13. The van der Waals surface area contributed by atoms with Crippen molar-refractivity contribution in [3.8, 4) is 5.75 Å². The second-order valence-corrected chi connectivity index (χ2v) is 3.45. The van der Waals surface area contributed by atoms with Crippen LogP contribution in [0.4, 0.5) is 4.39 Å². The highest BCUT2D eigenvalue weighted by molar-refractivity contribution is 6.59. The predicted octanol–water partition coefficient (Wildman–Crippen LogP) is 0.850. The maximum atomic E-state index is 13.0. The molecule has 0 radical (unpaired) electrons. The molecule has 0 unspecified atom stereocenters. The third-order valence-corrected chi connectivity index (χ3v) is 2.19. The van der Waals surface area contributed by atoms with Crippen molar-refractivity contribution in [2.45, 2.75) is 13.3 Å². The van der Waals surface area contributed by atoms with Gasteiger partial charge in [0.1, 0.15) is 18.2 Å². The summed E-state index contributed by atoms with van der Waals surface area (Å²) in [5, 5.41) is 18.1. The number of hydrogen-bond acceptors (Lipinski definition) is 3. The standard InChI is InChI=1S/C11H14BFO3/c1-3-8(2)7-16-11-6-9(13)4-5-10(11)12(14)15/h4-6,14-15H,2-3,7H2,1H3. The molecule has 0 saturated heterocycles. The lowest BCUT2D eigenvalue weighted by Crippen LogP contribution is -2.31. The van der Waals surface area contributed by atoms with Gasteiger partial charge in [0.2, 0.25) is 0 Å². The highest BCUT2D eigenvalue weighted by Crippen LogP contribution is 2.12. The van der Waals surface area contributed by atoms with Crippen LogP contribution in [0.1, 0.15) is 13.3 Å². The number of halogens is 1. The molecule has 0 aliphatic rings. The molecule has 0 fully saturated rings. The Morgan fingerprint density at radius 3 is 2.75 bits per heavy atom. The zero-order valence-electron chi connectivity index (χ0n) is 9.11. The van der Waals surface area contributed by atoms with Crippen molar-refractivity contribution in [2.24, 2.45) is 0 Å². The molecular formula is C11H14BFO3. The van der Waals surface area contributed by atoms with E-state index < -0.39 is 12.9 Å². The first-order valence-corrected chi connectivity index (χ1v) is 4.99. The quantitative estimate of drug-likeness (QED) is 0.575. The van der Waals surface area contributed by atoms with Crippen LogP contribution in [-0.2, 0) is 0 Å². The van der Waals surface area contributed by atoms with E-state index >= 15 is 0 Å². The topological polar surface area (TPSA) is 49.7 Å². The van der Waals surface area contributed by atoms with Crippen molar-refractivity contribution in [1.82, 2.24) is 0 Å². The van der Waals surface area contributed by atoms with Crippen LogP contribution in [0.25, 0.3) is 0 Å². The smallest absolute Gasteiger partial charge is 0.490 e. The van der Waals surface area contributed by atoms with Crippen molar-refractivity contribution in [2.75, 3.05) is 6.61 Å². The molecule has 1 aromatic rings. The first-order valence-electron chi connectivity index (χ1n) is 4.99. The van der Waals surface area contributed by atoms with Crippen LogP contribution in [0, 0.1) is 5.82 Å². The Bertz CT molecular complexity index is 379. The van der Waals surface area contributed by atoms with E-state index in [1.807, 2.05) is 6.92 Å². The Kier molecular flexibility index (Phi) is 4.52. The molecule has 1 aromatic carbocycles. The van der Waals surface area contributed by atoms with Crippen LogP contribution >= 0.6 is 0 Å². The summed E-state index contributed by atoms with van der Waals surface area (Å²) in [7, 11) is -1.68. The zero-order valence-corrected chi connectivity index (χ0v) is 9.11. The Morgan fingerprint density at radius 2 is 2.19 bits per heavy atom. The molecule has 0 aliphatic carbocycles. The first-order chi connectivity index (χ1) is 7.54. The summed E-state index contributed by atoms with van der Waals surface area (Å²) in [6, 6.07) is 3.55. The molecule has 0 heterocycles. The molecule has 1 rings (SSSR count). The molecule has 0 saturated carbocycles. The van der Waals surface area contributed by atoms with E-state index in [-0.39, 0.29) is 17.8 Å². The number of hydrogen-bond donors (Lipinski definition) is 2. The molecular weight excluding hydrogens is 210 g/mol. The minimum atomic E-state index is -1.68. The molecule has 0 atom stereocenters. The van der Waals surface area contributed by atoms with Crippen molar-refractivity contribution in [3.05, 3.63) is 36.2 Å². The average molecular weight is 224 g/mol. The van der Waals surface area contributed by atoms with Gasteiger partial charge in [-0.15, -0.1) is 0 Å². The van der Waals surface area contributed by atoms with Gasteiger partial charge in [-0.25, -0.2) is 4.39 Å². The van der Waals surface area contributed by atoms with Crippen LogP contribution in [0.5, 0.6) is 5.75 Å². The van der Waals surface area contributed by atoms with Crippen molar-refractivity contribution >= 4 is 12.6 Å². The summed E-state index contributed by atoms with van der Waals surface area (Å²) < 4.78 is 18.2. The van der Waals surface area contributed by atoms with Gasteiger partial charge in [-0.3, -0.25) is 0 Å². The highest BCUT2D eigenvalue weighted by Gasteiger charge is 2.17. The lowest BCUT2D eigenvalue weighted by molar-refractivity contribution is 0.346. The van der Waals surface area contributed by atoms with Gasteiger partial charge in [-0.2, -0.15) is 0 Å². The van der Waals surface area contributed by atoms with Gasteiger partial charge in [-0.1, -0.05) is 19.6 Å². The first kappa shape index (κ1) is 12.7. The Morgan fingerprint density at radius 1 is 1.50 bits per heavy atom. The molecule has 0 bridgehead atoms. The average Bonchev–Trinajstić information content (AvgIpc) is 2.25. The largest absolute Gasteiger partial charge is 0.492 e. The van der Waals surface area contributed by atoms with Gasteiger partial charge in [0.25, 0.3) is 0 Å². The van der Waals surface area contributed by atoms with E-state index in [1.165, 1.54) is 6.07 Å². The lowest BCUT2D eigenvalue weighted by Gasteiger charge is -2.11. The summed E-state index contributed by atoms with van der Waals surface area (Å²) in [5.41, 5.74) is 0.993. The molecule has 2 N–H and O–H groups in total. The minimum Gasteiger partial charge on any atom is -0.490 e.